The van der Waals surface area contributed by atoms with Crippen LogP contribution in [0.15, 0.2) is 12.1 Å². The van der Waals surface area contributed by atoms with Gasteiger partial charge in [-0.3, -0.25) is 4.90 Å². The highest BCUT2D eigenvalue weighted by Crippen LogP contribution is 2.43. The van der Waals surface area contributed by atoms with E-state index in [0.29, 0.717) is 6.10 Å². The first kappa shape index (κ1) is 17.7. The molecule has 3 heterocycles. The molecule has 2 fully saturated rings. The molecule has 0 radical (unpaired) electrons. The first-order valence-corrected chi connectivity index (χ1v) is 9.65. The maximum Gasteiger partial charge on any atom is 0.316 e. The first-order chi connectivity index (χ1) is 11.5. The Morgan fingerprint density at radius 2 is 2.33 bits per heavy atom. The Morgan fingerprint density at radius 1 is 1.50 bits per heavy atom. The Bertz CT molecular complexity index is 574. The summed E-state index contributed by atoms with van der Waals surface area (Å²) in [5.74, 6) is 0. The molecule has 0 unspecified atom stereocenters. The first-order valence-electron chi connectivity index (χ1n) is 8.83. The lowest BCUT2D eigenvalue weighted by Crippen LogP contribution is -2.50. The minimum Gasteiger partial charge on any atom is -0.378 e. The van der Waals surface area contributed by atoms with Crippen molar-refractivity contribution < 1.29 is 9.53 Å². The molecule has 0 aromatic carbocycles. The molecule has 2 aliphatic rings. The van der Waals surface area contributed by atoms with Crippen LogP contribution in [0.25, 0.3) is 0 Å². The van der Waals surface area contributed by atoms with E-state index in [1.165, 1.54) is 9.75 Å². The smallest absolute Gasteiger partial charge is 0.316 e. The summed E-state index contributed by atoms with van der Waals surface area (Å²) in [6.45, 7) is 6.97. The Morgan fingerprint density at radius 3 is 3.04 bits per heavy atom. The van der Waals surface area contributed by atoms with Gasteiger partial charge in [-0.25, -0.2) is 4.79 Å². The number of piperidine rings is 1. The lowest BCUT2D eigenvalue weighted by atomic mass is 9.74. The number of nitrogens with zero attached hydrogens (tertiary/aromatic N) is 2. The molecular weight excluding hydrogens is 322 g/mol. The van der Waals surface area contributed by atoms with E-state index in [1.807, 2.05) is 11.3 Å². The molecule has 6 heteroatoms. The third-order valence-corrected chi connectivity index (χ3v) is 6.31. The predicted octanol–water partition coefficient (Wildman–Crippen LogP) is 2.70. The van der Waals surface area contributed by atoms with E-state index in [0.717, 1.165) is 52.0 Å². The lowest BCUT2D eigenvalue weighted by molar-refractivity contribution is -0.0237. The number of likely N-dealkylation sites (tertiary alicyclic amines) is 1. The van der Waals surface area contributed by atoms with Gasteiger partial charge in [0.1, 0.15) is 0 Å². The van der Waals surface area contributed by atoms with Crippen molar-refractivity contribution in [1.29, 1.82) is 0 Å². The number of rotatable bonds is 5. The lowest BCUT2D eigenvalue weighted by Gasteiger charge is -2.44. The quantitative estimate of drug-likeness (QED) is 0.887. The number of ether oxygens (including phenoxy) is 1. The van der Waals surface area contributed by atoms with Gasteiger partial charge in [0, 0.05) is 62.1 Å². The maximum atomic E-state index is 11.8. The van der Waals surface area contributed by atoms with Gasteiger partial charge in [-0.05, 0) is 38.3 Å². The minimum atomic E-state index is -0.0106. The van der Waals surface area contributed by atoms with Crippen molar-refractivity contribution in [1.82, 2.24) is 15.1 Å². The Labute approximate surface area is 149 Å². The molecule has 2 atom stereocenters. The van der Waals surface area contributed by atoms with Crippen LogP contribution in [-0.2, 0) is 11.3 Å². The average molecular weight is 352 g/mol. The van der Waals surface area contributed by atoms with Crippen LogP contribution in [-0.4, -0.2) is 62.3 Å². The van der Waals surface area contributed by atoms with E-state index in [1.54, 1.807) is 19.0 Å². The Hall–Kier alpha value is -1.11. The number of hydrogen-bond donors (Lipinski definition) is 1. The largest absolute Gasteiger partial charge is 0.378 e. The van der Waals surface area contributed by atoms with Crippen LogP contribution in [0.1, 0.15) is 29.0 Å². The van der Waals surface area contributed by atoms with Crippen molar-refractivity contribution in [3.63, 3.8) is 0 Å². The molecule has 2 saturated heterocycles. The third-order valence-electron chi connectivity index (χ3n) is 5.33. The van der Waals surface area contributed by atoms with Gasteiger partial charge in [-0.15, -0.1) is 11.3 Å². The molecule has 134 valence electrons. The fourth-order valence-corrected chi connectivity index (χ4v) is 4.94. The molecule has 0 saturated carbocycles. The monoisotopic (exact) mass is 351 g/mol. The van der Waals surface area contributed by atoms with E-state index in [9.17, 15) is 4.79 Å². The topological polar surface area (TPSA) is 44.8 Å². The van der Waals surface area contributed by atoms with Crippen molar-refractivity contribution in [2.45, 2.75) is 38.8 Å². The summed E-state index contributed by atoms with van der Waals surface area (Å²) in [6.07, 6.45) is 3.56. The zero-order valence-corrected chi connectivity index (χ0v) is 15.8. The van der Waals surface area contributed by atoms with Crippen molar-refractivity contribution in [2.75, 3.05) is 40.3 Å². The van der Waals surface area contributed by atoms with Crippen molar-refractivity contribution in [2.24, 2.45) is 5.41 Å². The van der Waals surface area contributed by atoms with E-state index in [4.69, 9.17) is 4.74 Å². The van der Waals surface area contributed by atoms with E-state index in [-0.39, 0.29) is 11.4 Å². The van der Waals surface area contributed by atoms with Gasteiger partial charge in [0.05, 0.1) is 6.10 Å². The predicted molar refractivity (Wildman–Crippen MR) is 97.4 cm³/mol. The standard InChI is InChI=1S/C18H29N3O2S/c1-14-4-5-15(24-14)12-21-10-6-16-18(13-21,8-11-23-16)7-9-19-17(22)20(2)3/h4-5,16H,6-13H2,1-3H3,(H,19,22)/t16-,18+/m0/s1. The fraction of sp³-hybridized carbons (Fsp3) is 0.722. The number of hydrogen-bond acceptors (Lipinski definition) is 4. The van der Waals surface area contributed by atoms with Gasteiger partial charge in [0.2, 0.25) is 0 Å². The Balaban J connectivity index is 1.59. The molecule has 1 aromatic heterocycles. The number of nitrogens with one attached hydrogen (secondary N) is 1. The summed E-state index contributed by atoms with van der Waals surface area (Å²) in [5.41, 5.74) is 0.199. The Kier molecular flexibility index (Phi) is 5.47. The molecule has 1 N–H and O–H groups in total. The number of carbonyl (C=O) groups excluding carboxylic acids is 1. The molecule has 1 aromatic rings. The van der Waals surface area contributed by atoms with E-state index in [2.05, 4.69) is 29.3 Å². The van der Waals surface area contributed by atoms with Crippen molar-refractivity contribution in [3.8, 4) is 0 Å². The number of fused-ring (bicyclic) bond motifs is 1. The fourth-order valence-electron chi connectivity index (χ4n) is 4.00. The summed E-state index contributed by atoms with van der Waals surface area (Å²) in [5, 5.41) is 3.02. The number of carbonyl (C=O) groups is 1. The summed E-state index contributed by atoms with van der Waals surface area (Å²) in [7, 11) is 3.56. The molecule has 5 nitrogen and oxygen atoms in total. The molecule has 24 heavy (non-hydrogen) atoms. The zero-order valence-electron chi connectivity index (χ0n) is 15.0. The molecule has 3 rings (SSSR count). The van der Waals surface area contributed by atoms with E-state index < -0.39 is 0 Å². The summed E-state index contributed by atoms with van der Waals surface area (Å²) in [4.78, 5) is 18.7. The third kappa shape index (κ3) is 3.92. The molecule has 2 aliphatic heterocycles. The zero-order chi connectivity index (χ0) is 17.2. The molecule has 0 spiro atoms. The van der Waals surface area contributed by atoms with Crippen LogP contribution in [0.4, 0.5) is 4.79 Å². The number of amides is 2. The minimum absolute atomic E-state index is 0.0106. The van der Waals surface area contributed by atoms with Crippen LogP contribution in [0.5, 0.6) is 0 Å². The summed E-state index contributed by atoms with van der Waals surface area (Å²) < 4.78 is 6.02. The van der Waals surface area contributed by atoms with E-state index >= 15 is 0 Å². The van der Waals surface area contributed by atoms with Gasteiger partial charge in [-0.1, -0.05) is 0 Å². The summed E-state index contributed by atoms with van der Waals surface area (Å²) in [6, 6.07) is 4.45. The molecule has 0 aliphatic carbocycles. The van der Waals surface area contributed by atoms with Crippen molar-refractivity contribution >= 4 is 17.4 Å². The number of urea groups is 1. The van der Waals surface area contributed by atoms with Gasteiger partial charge < -0.3 is 15.0 Å². The normalized spacial score (nSPS) is 27.0. The van der Waals surface area contributed by atoms with Crippen molar-refractivity contribution in [3.05, 3.63) is 21.9 Å². The second-order valence-corrected chi connectivity index (χ2v) is 8.73. The second-order valence-electron chi connectivity index (χ2n) is 7.36. The average Bonchev–Trinajstić information content (AvgIpc) is 3.13. The van der Waals surface area contributed by atoms with Gasteiger partial charge >= 0.3 is 6.03 Å². The summed E-state index contributed by atoms with van der Waals surface area (Å²) >= 11 is 1.90. The van der Waals surface area contributed by atoms with Crippen LogP contribution in [0, 0.1) is 12.3 Å². The highest BCUT2D eigenvalue weighted by molar-refractivity contribution is 7.11. The molecule has 0 bridgehead atoms. The van der Waals surface area contributed by atoms with Crippen LogP contribution < -0.4 is 5.32 Å². The SMILES string of the molecule is Cc1ccc(CN2CC[C@@H]3OCC[C@]3(CCNC(=O)N(C)C)C2)s1. The van der Waals surface area contributed by atoms with Gasteiger partial charge in [-0.2, -0.15) is 0 Å². The van der Waals surface area contributed by atoms with Crippen LogP contribution >= 0.6 is 11.3 Å². The van der Waals surface area contributed by atoms with Gasteiger partial charge in [0.25, 0.3) is 0 Å². The molecular formula is C18H29N3O2S. The highest BCUT2D eigenvalue weighted by Gasteiger charge is 2.47. The second kappa shape index (κ2) is 7.42. The van der Waals surface area contributed by atoms with Crippen LogP contribution in [0.2, 0.25) is 0 Å². The number of aryl methyl sites for hydroxylation is 1. The maximum absolute atomic E-state index is 11.8. The number of thiophene rings is 1. The van der Waals surface area contributed by atoms with Gasteiger partial charge in [0.15, 0.2) is 0 Å². The molecule has 2 amide bonds. The highest BCUT2D eigenvalue weighted by atomic mass is 32.1. The van der Waals surface area contributed by atoms with Crippen LogP contribution in [0.3, 0.4) is 0 Å².